The van der Waals surface area contributed by atoms with Gasteiger partial charge in [-0.3, -0.25) is 14.2 Å². The van der Waals surface area contributed by atoms with E-state index in [1.165, 1.54) is 11.9 Å². The van der Waals surface area contributed by atoms with Gasteiger partial charge in [0.1, 0.15) is 0 Å². The number of carbonyl (C=O) groups excluding carboxylic acids is 1. The maximum absolute atomic E-state index is 13.4. The summed E-state index contributed by atoms with van der Waals surface area (Å²) >= 11 is 1.45. The summed E-state index contributed by atoms with van der Waals surface area (Å²) in [4.78, 5) is 15.7. The molecular weight excluding hydrogens is 444 g/mol. The van der Waals surface area contributed by atoms with E-state index in [0.29, 0.717) is 18.2 Å². The third kappa shape index (κ3) is 5.20. The normalized spacial score (nSPS) is 19.9. The summed E-state index contributed by atoms with van der Waals surface area (Å²) in [6.07, 6.45) is 12.5. The molecule has 4 heterocycles. The topological polar surface area (TPSA) is 74.2 Å². The number of likely N-dealkylation sites (tertiary alicyclic amines) is 1. The Morgan fingerprint density at radius 3 is 2.88 bits per heavy atom. The lowest BCUT2D eigenvalue weighted by molar-refractivity contribution is -0.114. The van der Waals surface area contributed by atoms with E-state index in [0.717, 1.165) is 71.9 Å². The maximum atomic E-state index is 13.4. The Kier molecular flexibility index (Phi) is 7.01. The molecule has 3 N–H and O–H groups in total. The predicted octanol–water partition coefficient (Wildman–Crippen LogP) is 3.46. The van der Waals surface area contributed by atoms with E-state index < -0.39 is 0 Å². The molecular formula is C26H32N6OS. The van der Waals surface area contributed by atoms with E-state index in [2.05, 4.69) is 67.6 Å². The highest BCUT2D eigenvalue weighted by Crippen LogP contribution is 2.30. The van der Waals surface area contributed by atoms with Gasteiger partial charge in [-0.05, 0) is 80.7 Å². The monoisotopic (exact) mass is 476 g/mol. The predicted molar refractivity (Wildman–Crippen MR) is 139 cm³/mol. The molecule has 0 aliphatic carbocycles. The van der Waals surface area contributed by atoms with E-state index in [1.807, 2.05) is 25.3 Å². The molecule has 2 aromatic rings. The van der Waals surface area contributed by atoms with Crippen LogP contribution < -0.4 is 15.4 Å². The number of benzene rings is 1. The number of rotatable bonds is 4. The van der Waals surface area contributed by atoms with Gasteiger partial charge in [0, 0.05) is 37.0 Å². The van der Waals surface area contributed by atoms with Crippen molar-refractivity contribution in [1.82, 2.24) is 30.0 Å². The SMILES string of the molecule is CC1=CCNSC(NC(=O)C2=CCNCc3ccc(-c4cnn(C5CCN(C)CC5)c4)cc32)=C1. The minimum atomic E-state index is -0.0839. The quantitative estimate of drug-likeness (QED) is 0.587. The van der Waals surface area contributed by atoms with Crippen LogP contribution in [0.15, 0.2) is 59.4 Å². The first-order chi connectivity index (χ1) is 16.6. The molecule has 0 spiro atoms. The van der Waals surface area contributed by atoms with Crippen molar-refractivity contribution in [2.45, 2.75) is 32.4 Å². The van der Waals surface area contributed by atoms with Crippen molar-refractivity contribution in [3.05, 3.63) is 70.5 Å². The van der Waals surface area contributed by atoms with Crippen molar-refractivity contribution in [1.29, 1.82) is 0 Å². The zero-order valence-corrected chi connectivity index (χ0v) is 20.6. The van der Waals surface area contributed by atoms with Gasteiger partial charge in [0.2, 0.25) is 0 Å². The largest absolute Gasteiger partial charge is 0.316 e. The number of hydrogen-bond acceptors (Lipinski definition) is 6. The second-order valence-electron chi connectivity index (χ2n) is 9.23. The molecule has 178 valence electrons. The molecule has 34 heavy (non-hydrogen) atoms. The van der Waals surface area contributed by atoms with Crippen LogP contribution >= 0.6 is 11.9 Å². The zero-order valence-electron chi connectivity index (χ0n) is 19.8. The van der Waals surface area contributed by atoms with Crippen LogP contribution in [0.1, 0.15) is 36.9 Å². The van der Waals surface area contributed by atoms with Gasteiger partial charge in [-0.15, -0.1) is 0 Å². The Morgan fingerprint density at radius 2 is 2.03 bits per heavy atom. The van der Waals surface area contributed by atoms with Crippen LogP contribution in [0, 0.1) is 0 Å². The summed E-state index contributed by atoms with van der Waals surface area (Å²) in [6, 6.07) is 6.86. The second-order valence-corrected chi connectivity index (χ2v) is 10.2. The summed E-state index contributed by atoms with van der Waals surface area (Å²) < 4.78 is 5.37. The Balaban J connectivity index is 1.39. The van der Waals surface area contributed by atoms with Gasteiger partial charge < -0.3 is 15.5 Å². The fraction of sp³-hybridized carbons (Fsp3) is 0.385. The van der Waals surface area contributed by atoms with Crippen LogP contribution in [0.25, 0.3) is 16.7 Å². The lowest BCUT2D eigenvalue weighted by Crippen LogP contribution is -2.31. The highest BCUT2D eigenvalue weighted by molar-refractivity contribution is 8.01. The minimum absolute atomic E-state index is 0.0839. The first kappa shape index (κ1) is 23.1. The van der Waals surface area contributed by atoms with E-state index in [4.69, 9.17) is 0 Å². The average molecular weight is 477 g/mol. The number of piperidine rings is 1. The zero-order chi connectivity index (χ0) is 23.5. The molecule has 5 rings (SSSR count). The summed E-state index contributed by atoms with van der Waals surface area (Å²) in [5.41, 5.74) is 6.12. The van der Waals surface area contributed by atoms with Crippen molar-refractivity contribution < 1.29 is 4.79 Å². The van der Waals surface area contributed by atoms with Crippen molar-refractivity contribution >= 4 is 23.4 Å². The fourth-order valence-electron chi connectivity index (χ4n) is 4.67. The average Bonchev–Trinajstić information content (AvgIpc) is 3.10. The fourth-order valence-corrected chi connectivity index (χ4v) is 5.38. The van der Waals surface area contributed by atoms with Crippen molar-refractivity contribution in [3.63, 3.8) is 0 Å². The minimum Gasteiger partial charge on any atom is -0.316 e. The van der Waals surface area contributed by atoms with Gasteiger partial charge in [-0.1, -0.05) is 29.9 Å². The van der Waals surface area contributed by atoms with Crippen molar-refractivity contribution in [3.8, 4) is 11.1 Å². The Morgan fingerprint density at radius 1 is 1.18 bits per heavy atom. The molecule has 0 unspecified atom stereocenters. The molecule has 1 aromatic heterocycles. The molecule has 0 bridgehead atoms. The number of fused-ring (bicyclic) bond motifs is 1. The molecule has 8 heteroatoms. The van der Waals surface area contributed by atoms with Gasteiger partial charge >= 0.3 is 0 Å². The van der Waals surface area contributed by atoms with E-state index in [1.54, 1.807) is 0 Å². The van der Waals surface area contributed by atoms with Crippen molar-refractivity contribution in [2.24, 2.45) is 0 Å². The van der Waals surface area contributed by atoms with Gasteiger partial charge in [-0.2, -0.15) is 5.10 Å². The Hall–Kier alpha value is -2.65. The molecule has 3 aliphatic rings. The third-order valence-electron chi connectivity index (χ3n) is 6.69. The highest BCUT2D eigenvalue weighted by atomic mass is 32.2. The van der Waals surface area contributed by atoms with Crippen LogP contribution in [0.2, 0.25) is 0 Å². The first-order valence-electron chi connectivity index (χ1n) is 11.9. The van der Waals surface area contributed by atoms with Gasteiger partial charge in [-0.25, -0.2) is 0 Å². The molecule has 0 radical (unpaired) electrons. The molecule has 1 saturated heterocycles. The summed E-state index contributed by atoms with van der Waals surface area (Å²) in [5.74, 6) is -0.0839. The Bertz CT molecular complexity index is 1160. The number of nitrogens with one attached hydrogen (secondary N) is 3. The lowest BCUT2D eigenvalue weighted by Gasteiger charge is -2.28. The van der Waals surface area contributed by atoms with E-state index in [-0.39, 0.29) is 5.91 Å². The second kappa shape index (κ2) is 10.3. The number of aromatic nitrogens is 2. The lowest BCUT2D eigenvalue weighted by atomic mass is 9.95. The molecule has 0 atom stereocenters. The standard InChI is InChI=1S/C26H32N6OS/c1-18-5-10-29-34-25(13-18)30-26(33)23-6-9-27-15-20-4-3-19(14-24(20)23)21-16-28-32(17-21)22-7-11-31(2)12-8-22/h3-6,13-14,16-17,22,27,29H,7-12,15H2,1-2H3,(H,30,33). The molecule has 7 nitrogen and oxygen atoms in total. The number of nitrogens with zero attached hydrogens (tertiary/aromatic N) is 3. The molecule has 1 fully saturated rings. The summed E-state index contributed by atoms with van der Waals surface area (Å²) in [7, 11) is 2.18. The van der Waals surface area contributed by atoms with Gasteiger partial charge in [0.05, 0.1) is 17.3 Å². The number of amides is 1. The smallest absolute Gasteiger partial charge is 0.256 e. The van der Waals surface area contributed by atoms with Crippen LogP contribution in [0.3, 0.4) is 0 Å². The van der Waals surface area contributed by atoms with Crippen LogP contribution in [-0.2, 0) is 11.3 Å². The highest BCUT2D eigenvalue weighted by Gasteiger charge is 2.22. The number of carbonyl (C=O) groups is 1. The first-order valence-corrected chi connectivity index (χ1v) is 12.8. The summed E-state index contributed by atoms with van der Waals surface area (Å²) in [6.45, 7) is 6.42. The molecule has 1 aromatic carbocycles. The van der Waals surface area contributed by atoms with Crippen LogP contribution in [-0.4, -0.2) is 53.8 Å². The van der Waals surface area contributed by atoms with Gasteiger partial charge in [0.25, 0.3) is 5.91 Å². The Labute approximate surface area is 205 Å². The molecule has 0 saturated carbocycles. The number of hydrogen-bond donors (Lipinski definition) is 3. The third-order valence-corrected chi connectivity index (χ3v) is 7.44. The van der Waals surface area contributed by atoms with E-state index in [9.17, 15) is 4.79 Å². The number of allylic oxidation sites excluding steroid dienone is 2. The van der Waals surface area contributed by atoms with Gasteiger partial charge in [0.15, 0.2) is 0 Å². The van der Waals surface area contributed by atoms with Crippen LogP contribution in [0.5, 0.6) is 0 Å². The summed E-state index contributed by atoms with van der Waals surface area (Å²) in [5, 5.41) is 12.0. The molecule has 3 aliphatic heterocycles. The van der Waals surface area contributed by atoms with Crippen molar-refractivity contribution in [2.75, 3.05) is 33.2 Å². The van der Waals surface area contributed by atoms with E-state index >= 15 is 0 Å². The molecule has 1 amide bonds. The van der Waals surface area contributed by atoms with Crippen LogP contribution in [0.4, 0.5) is 0 Å². The maximum Gasteiger partial charge on any atom is 0.256 e.